The lowest BCUT2D eigenvalue weighted by molar-refractivity contribution is -0.677. The highest BCUT2D eigenvalue weighted by atomic mass is 79.9. The maximum atomic E-state index is 3.32. The number of nitrogens with one attached hydrogen (secondary N) is 1. The molecule has 0 fully saturated rings. The molecule has 136 valence electrons. The Balaban J connectivity index is 0.00000484. The third-order valence-electron chi connectivity index (χ3n) is 4.74. The first-order valence-electron chi connectivity index (χ1n) is 9.86. The van der Waals surface area contributed by atoms with Crippen LogP contribution < -0.4 is 21.5 Å². The molecule has 0 bridgehead atoms. The summed E-state index contributed by atoms with van der Waals surface area (Å²) < 4.78 is 2.20. The summed E-state index contributed by atoms with van der Waals surface area (Å²) >= 11 is 0. The summed E-state index contributed by atoms with van der Waals surface area (Å²) in [5.41, 5.74) is 0. The fourth-order valence-electron chi connectivity index (χ4n) is 3.17. The largest absolute Gasteiger partial charge is 1.00 e. The monoisotopic (exact) mass is 386 g/mol. The molecular weight excluding hydrogens is 348 g/mol. The van der Waals surface area contributed by atoms with Crippen LogP contribution in [0.15, 0.2) is 12.4 Å². The van der Waals surface area contributed by atoms with Crippen molar-refractivity contribution in [2.45, 2.75) is 103 Å². The normalized spacial score (nSPS) is 10.7. The van der Waals surface area contributed by atoms with Gasteiger partial charge in [-0.05, 0) is 6.42 Å². The molecule has 1 rings (SSSR count). The molecule has 0 saturated heterocycles. The second kappa shape index (κ2) is 16.5. The summed E-state index contributed by atoms with van der Waals surface area (Å²) in [5, 5.41) is 0. The number of aryl methyl sites for hydroxylation is 2. The molecule has 0 amide bonds. The van der Waals surface area contributed by atoms with Crippen molar-refractivity contribution in [2.24, 2.45) is 7.05 Å². The van der Waals surface area contributed by atoms with Crippen LogP contribution in [0.2, 0.25) is 0 Å². The molecule has 2 nitrogen and oxygen atoms in total. The van der Waals surface area contributed by atoms with E-state index >= 15 is 0 Å². The van der Waals surface area contributed by atoms with Gasteiger partial charge in [0, 0.05) is 6.42 Å². The van der Waals surface area contributed by atoms with Crippen molar-refractivity contribution >= 4 is 0 Å². The van der Waals surface area contributed by atoms with E-state index < -0.39 is 0 Å². The van der Waals surface area contributed by atoms with Crippen LogP contribution in [-0.4, -0.2) is 4.98 Å². The Hall–Kier alpha value is -0.310. The van der Waals surface area contributed by atoms with Gasteiger partial charge in [-0.2, -0.15) is 0 Å². The molecule has 0 saturated carbocycles. The number of aromatic amines is 1. The van der Waals surface area contributed by atoms with Gasteiger partial charge in [0.05, 0.1) is 7.05 Å². The molecule has 0 spiro atoms. The Labute approximate surface area is 155 Å². The van der Waals surface area contributed by atoms with Gasteiger partial charge in [-0.15, -0.1) is 0 Å². The van der Waals surface area contributed by atoms with E-state index in [9.17, 15) is 0 Å². The average molecular weight is 387 g/mol. The van der Waals surface area contributed by atoms with Crippen LogP contribution >= 0.6 is 0 Å². The predicted octanol–water partition coefficient (Wildman–Crippen LogP) is 2.87. The molecule has 0 aliphatic heterocycles. The highest BCUT2D eigenvalue weighted by Gasteiger charge is 2.04. The van der Waals surface area contributed by atoms with Crippen molar-refractivity contribution in [3.8, 4) is 0 Å². The van der Waals surface area contributed by atoms with Crippen molar-refractivity contribution in [3.63, 3.8) is 0 Å². The summed E-state index contributed by atoms with van der Waals surface area (Å²) in [6.07, 6.45) is 25.4. The topological polar surface area (TPSA) is 19.7 Å². The van der Waals surface area contributed by atoms with Gasteiger partial charge in [-0.3, -0.25) is 0 Å². The summed E-state index contributed by atoms with van der Waals surface area (Å²) in [6, 6.07) is 0. The molecule has 0 radical (unpaired) electrons. The van der Waals surface area contributed by atoms with Gasteiger partial charge >= 0.3 is 0 Å². The van der Waals surface area contributed by atoms with E-state index in [1.807, 2.05) is 6.20 Å². The van der Waals surface area contributed by atoms with Gasteiger partial charge in [-0.25, -0.2) is 9.55 Å². The molecule has 0 atom stereocenters. The number of halogens is 1. The number of hydrogen-bond donors (Lipinski definition) is 1. The Morgan fingerprint density at radius 2 is 1.17 bits per heavy atom. The molecular formula is C20H39BrN2. The maximum Gasteiger partial charge on any atom is 0.253 e. The molecule has 0 aromatic carbocycles. The number of unbranched alkanes of at least 4 members (excludes halogenated alkanes) is 13. The molecule has 3 heteroatoms. The van der Waals surface area contributed by atoms with Crippen molar-refractivity contribution < 1.29 is 21.5 Å². The van der Waals surface area contributed by atoms with E-state index in [1.54, 1.807) is 0 Å². The molecule has 1 aromatic rings. The maximum absolute atomic E-state index is 3.32. The van der Waals surface area contributed by atoms with Crippen molar-refractivity contribution in [2.75, 3.05) is 0 Å². The molecule has 1 N–H and O–H groups in total. The Morgan fingerprint density at radius 1 is 0.739 bits per heavy atom. The highest BCUT2D eigenvalue weighted by Crippen LogP contribution is 2.13. The summed E-state index contributed by atoms with van der Waals surface area (Å²) in [4.78, 5) is 3.32. The number of rotatable bonds is 15. The number of H-pyrrole nitrogens is 1. The van der Waals surface area contributed by atoms with Crippen LogP contribution in [0.4, 0.5) is 0 Å². The van der Waals surface area contributed by atoms with Gasteiger partial charge < -0.3 is 17.0 Å². The summed E-state index contributed by atoms with van der Waals surface area (Å²) in [7, 11) is 2.12. The smallest absolute Gasteiger partial charge is 0.253 e. The minimum absolute atomic E-state index is 0. The van der Waals surface area contributed by atoms with Crippen molar-refractivity contribution in [3.05, 3.63) is 18.2 Å². The first-order valence-corrected chi connectivity index (χ1v) is 9.86. The van der Waals surface area contributed by atoms with Crippen LogP contribution in [0.3, 0.4) is 0 Å². The van der Waals surface area contributed by atoms with Crippen molar-refractivity contribution in [1.29, 1.82) is 0 Å². The lowest BCUT2D eigenvalue weighted by atomic mass is 10.0. The Bertz CT molecular complexity index is 349. The highest BCUT2D eigenvalue weighted by molar-refractivity contribution is 4.76. The first kappa shape index (κ1) is 22.7. The van der Waals surface area contributed by atoms with E-state index in [0.29, 0.717) is 0 Å². The molecule has 1 aromatic heterocycles. The van der Waals surface area contributed by atoms with E-state index in [4.69, 9.17) is 0 Å². The van der Waals surface area contributed by atoms with Crippen LogP contribution in [0.5, 0.6) is 0 Å². The lowest BCUT2D eigenvalue weighted by Crippen LogP contribution is -3.00. The SMILES string of the molecule is CCCCCCCCCCCCCCCCc1[nH]cc[n+]1C.[Br-]. The molecule has 0 aliphatic carbocycles. The van der Waals surface area contributed by atoms with E-state index in [-0.39, 0.29) is 17.0 Å². The lowest BCUT2D eigenvalue weighted by Gasteiger charge is -2.03. The molecule has 0 unspecified atom stereocenters. The van der Waals surface area contributed by atoms with E-state index in [1.165, 1.54) is 102 Å². The third kappa shape index (κ3) is 12.7. The van der Waals surface area contributed by atoms with Gasteiger partial charge in [0.2, 0.25) is 0 Å². The Kier molecular flexibility index (Phi) is 16.3. The number of aromatic nitrogens is 2. The van der Waals surface area contributed by atoms with Gasteiger partial charge in [0.15, 0.2) is 0 Å². The van der Waals surface area contributed by atoms with Crippen LogP contribution in [0, 0.1) is 0 Å². The second-order valence-corrected chi connectivity index (χ2v) is 6.86. The van der Waals surface area contributed by atoms with Gasteiger partial charge in [0.1, 0.15) is 12.4 Å². The van der Waals surface area contributed by atoms with Gasteiger partial charge in [0.25, 0.3) is 5.82 Å². The zero-order valence-corrected chi connectivity index (χ0v) is 17.2. The minimum atomic E-state index is 0. The van der Waals surface area contributed by atoms with E-state index in [2.05, 4.69) is 29.7 Å². The first-order chi connectivity index (χ1) is 10.8. The quantitative estimate of drug-likeness (QED) is 0.353. The molecule has 1 heterocycles. The molecule has 23 heavy (non-hydrogen) atoms. The molecule has 0 aliphatic rings. The number of hydrogen-bond acceptors (Lipinski definition) is 0. The van der Waals surface area contributed by atoms with E-state index in [0.717, 1.165) is 0 Å². The van der Waals surface area contributed by atoms with Crippen LogP contribution in [0.1, 0.15) is 103 Å². The van der Waals surface area contributed by atoms with Gasteiger partial charge in [-0.1, -0.05) is 90.4 Å². The number of nitrogens with zero attached hydrogens (tertiary/aromatic N) is 1. The zero-order chi connectivity index (χ0) is 15.9. The fourth-order valence-corrected chi connectivity index (χ4v) is 3.17. The fraction of sp³-hybridized carbons (Fsp3) is 0.850. The van der Waals surface area contributed by atoms with Crippen LogP contribution in [-0.2, 0) is 13.5 Å². The van der Waals surface area contributed by atoms with Crippen LogP contribution in [0.25, 0.3) is 0 Å². The number of imidazole rings is 1. The predicted molar refractivity (Wildman–Crippen MR) is 96.0 cm³/mol. The minimum Gasteiger partial charge on any atom is -1.00 e. The summed E-state index contributed by atoms with van der Waals surface area (Å²) in [6.45, 7) is 2.29. The summed E-state index contributed by atoms with van der Waals surface area (Å²) in [5.74, 6) is 1.36. The zero-order valence-electron chi connectivity index (χ0n) is 15.6. The Morgan fingerprint density at radius 3 is 1.57 bits per heavy atom. The standard InChI is InChI=1S/C20H38N2.BrH/c1-3-4-5-6-7-8-9-10-11-12-13-14-15-16-17-20-21-18-19-22(20)2;/h18-19H,3-17H2,1-2H3;1H. The second-order valence-electron chi connectivity index (χ2n) is 6.86. The average Bonchev–Trinajstić information content (AvgIpc) is 2.93. The van der Waals surface area contributed by atoms with Crippen molar-refractivity contribution in [1.82, 2.24) is 4.98 Å². The third-order valence-corrected chi connectivity index (χ3v) is 4.74.